The molecule has 2 unspecified atom stereocenters. The quantitative estimate of drug-likeness (QED) is 0.623. The lowest BCUT2D eigenvalue weighted by molar-refractivity contribution is 0.223. The van der Waals surface area contributed by atoms with Gasteiger partial charge < -0.3 is 5.11 Å². The molecule has 2 atom stereocenters. The van der Waals surface area contributed by atoms with Crippen molar-refractivity contribution in [3.63, 3.8) is 0 Å². The van der Waals surface area contributed by atoms with E-state index in [-0.39, 0.29) is 6.10 Å². The molecule has 1 radical (unpaired) electrons. The molecule has 0 aliphatic carbocycles. The van der Waals surface area contributed by atoms with Crippen molar-refractivity contribution in [3.8, 4) is 0 Å². The summed E-state index contributed by atoms with van der Waals surface area (Å²) >= 11 is 3.75. The van der Waals surface area contributed by atoms with E-state index < -0.39 is 0 Å². The number of hydrogen-bond acceptors (Lipinski definition) is 3. The molecular formula is C6H11OS2. The average Bonchev–Trinajstić information content (AvgIpc) is 1.90. The molecule has 1 fully saturated rings. The lowest BCUT2D eigenvalue weighted by atomic mass is 10.3. The first-order chi connectivity index (χ1) is 4.30. The highest BCUT2D eigenvalue weighted by Crippen LogP contribution is 2.25. The highest BCUT2D eigenvalue weighted by molar-refractivity contribution is 8.06. The molecule has 1 aliphatic rings. The molecule has 3 heteroatoms. The summed E-state index contributed by atoms with van der Waals surface area (Å²) in [6.07, 6.45) is -0.372. The van der Waals surface area contributed by atoms with Gasteiger partial charge in [-0.15, -0.1) is 0 Å². The summed E-state index contributed by atoms with van der Waals surface area (Å²) in [7, 11) is 0. The van der Waals surface area contributed by atoms with Crippen LogP contribution in [-0.2, 0) is 0 Å². The van der Waals surface area contributed by atoms with E-state index in [0.717, 1.165) is 5.75 Å². The standard InChI is InChI=1S/C6H11OS2/c1-5(7)6-4-8-2-3-9-6/h5-7H,1-4H2. The van der Waals surface area contributed by atoms with Crippen molar-refractivity contribution < 1.29 is 5.11 Å². The van der Waals surface area contributed by atoms with Crippen molar-refractivity contribution in [1.82, 2.24) is 0 Å². The molecule has 1 heterocycles. The van der Waals surface area contributed by atoms with Crippen LogP contribution in [0.4, 0.5) is 0 Å². The van der Waals surface area contributed by atoms with Gasteiger partial charge in [0.2, 0.25) is 0 Å². The summed E-state index contributed by atoms with van der Waals surface area (Å²) in [5, 5.41) is 9.41. The molecule has 1 rings (SSSR count). The van der Waals surface area contributed by atoms with Crippen molar-refractivity contribution in [2.75, 3.05) is 17.3 Å². The van der Waals surface area contributed by atoms with Crippen LogP contribution >= 0.6 is 23.5 Å². The van der Waals surface area contributed by atoms with Crippen LogP contribution < -0.4 is 0 Å². The Balaban J connectivity index is 2.23. The summed E-state index contributed by atoms with van der Waals surface area (Å²) in [4.78, 5) is 0. The second kappa shape index (κ2) is 3.74. The summed E-state index contributed by atoms with van der Waals surface area (Å²) < 4.78 is 0. The largest absolute Gasteiger partial charge is 0.392 e. The minimum absolute atomic E-state index is 0.372. The predicted octanol–water partition coefficient (Wildman–Crippen LogP) is 1.03. The van der Waals surface area contributed by atoms with Gasteiger partial charge in [-0.25, -0.2) is 0 Å². The molecule has 1 aliphatic heterocycles. The molecular weight excluding hydrogens is 152 g/mol. The van der Waals surface area contributed by atoms with Crippen molar-refractivity contribution >= 4 is 23.5 Å². The zero-order chi connectivity index (χ0) is 6.69. The van der Waals surface area contributed by atoms with Crippen LogP contribution in [0.3, 0.4) is 0 Å². The second-order valence-corrected chi connectivity index (χ2v) is 4.55. The Bertz CT molecular complexity index is 79.1. The van der Waals surface area contributed by atoms with Crippen LogP contribution in [0.25, 0.3) is 0 Å². The summed E-state index contributed by atoms with van der Waals surface area (Å²) in [6.45, 7) is 3.58. The molecule has 1 saturated heterocycles. The molecule has 0 bridgehead atoms. The van der Waals surface area contributed by atoms with Crippen molar-refractivity contribution in [2.45, 2.75) is 11.4 Å². The Morgan fingerprint density at radius 2 is 2.33 bits per heavy atom. The van der Waals surface area contributed by atoms with Gasteiger partial charge in [0.05, 0.1) is 6.10 Å². The predicted molar refractivity (Wildman–Crippen MR) is 44.9 cm³/mol. The highest BCUT2D eigenvalue weighted by atomic mass is 32.2. The second-order valence-electron chi connectivity index (χ2n) is 2.05. The van der Waals surface area contributed by atoms with Gasteiger partial charge in [-0.3, -0.25) is 0 Å². The van der Waals surface area contributed by atoms with Crippen LogP contribution in [0, 0.1) is 6.92 Å². The normalized spacial score (nSPS) is 32.0. The number of aliphatic hydroxyl groups is 1. The third-order valence-corrected chi connectivity index (χ3v) is 4.18. The molecule has 0 aromatic carbocycles. The van der Waals surface area contributed by atoms with E-state index in [1.807, 2.05) is 23.5 Å². The van der Waals surface area contributed by atoms with Crippen LogP contribution in [-0.4, -0.2) is 33.7 Å². The van der Waals surface area contributed by atoms with Gasteiger partial charge in [0.1, 0.15) is 0 Å². The summed E-state index contributed by atoms with van der Waals surface area (Å²) in [5.74, 6) is 3.46. The zero-order valence-electron chi connectivity index (χ0n) is 5.25. The van der Waals surface area contributed by atoms with Gasteiger partial charge in [0.15, 0.2) is 0 Å². The van der Waals surface area contributed by atoms with Crippen LogP contribution in [0.5, 0.6) is 0 Å². The lowest BCUT2D eigenvalue weighted by Gasteiger charge is -2.22. The van der Waals surface area contributed by atoms with E-state index in [2.05, 4.69) is 6.92 Å². The highest BCUT2D eigenvalue weighted by Gasteiger charge is 2.18. The fourth-order valence-corrected chi connectivity index (χ4v) is 3.40. The topological polar surface area (TPSA) is 20.2 Å². The fraction of sp³-hybridized carbons (Fsp3) is 0.833. The van der Waals surface area contributed by atoms with E-state index in [9.17, 15) is 0 Å². The van der Waals surface area contributed by atoms with E-state index in [4.69, 9.17) is 5.11 Å². The Morgan fingerprint density at radius 3 is 2.67 bits per heavy atom. The number of rotatable bonds is 1. The first-order valence-electron chi connectivity index (χ1n) is 3.01. The van der Waals surface area contributed by atoms with Gasteiger partial charge in [0, 0.05) is 22.5 Å². The van der Waals surface area contributed by atoms with Crippen LogP contribution in [0.1, 0.15) is 0 Å². The zero-order valence-corrected chi connectivity index (χ0v) is 6.88. The lowest BCUT2D eigenvalue weighted by Crippen LogP contribution is -2.25. The van der Waals surface area contributed by atoms with E-state index in [0.29, 0.717) is 5.25 Å². The Morgan fingerprint density at radius 1 is 1.56 bits per heavy atom. The van der Waals surface area contributed by atoms with Gasteiger partial charge in [0.25, 0.3) is 0 Å². The van der Waals surface area contributed by atoms with Gasteiger partial charge in [-0.2, -0.15) is 23.5 Å². The molecule has 53 valence electrons. The number of aliphatic hydroxyl groups excluding tert-OH is 1. The Hall–Kier alpha value is 0.660. The van der Waals surface area contributed by atoms with Crippen molar-refractivity contribution in [2.24, 2.45) is 0 Å². The number of hydrogen-bond donors (Lipinski definition) is 1. The third-order valence-electron chi connectivity index (χ3n) is 1.27. The Labute approximate surface area is 64.6 Å². The first-order valence-corrected chi connectivity index (χ1v) is 5.21. The maximum Gasteiger partial charge on any atom is 0.0667 e. The van der Waals surface area contributed by atoms with Crippen LogP contribution in [0.15, 0.2) is 0 Å². The minimum atomic E-state index is -0.372. The molecule has 0 spiro atoms. The van der Waals surface area contributed by atoms with E-state index >= 15 is 0 Å². The van der Waals surface area contributed by atoms with E-state index in [1.165, 1.54) is 11.5 Å². The first kappa shape index (κ1) is 7.76. The molecule has 0 amide bonds. The van der Waals surface area contributed by atoms with Gasteiger partial charge >= 0.3 is 0 Å². The molecule has 0 aromatic rings. The smallest absolute Gasteiger partial charge is 0.0667 e. The fourth-order valence-electron chi connectivity index (χ4n) is 0.728. The van der Waals surface area contributed by atoms with Gasteiger partial charge in [-0.05, 0) is 6.92 Å². The average molecular weight is 163 g/mol. The Kier molecular flexibility index (Phi) is 3.22. The molecule has 0 aromatic heterocycles. The molecule has 0 saturated carbocycles. The summed E-state index contributed by atoms with van der Waals surface area (Å²) in [5.41, 5.74) is 0. The number of thioether (sulfide) groups is 2. The molecule has 1 N–H and O–H groups in total. The van der Waals surface area contributed by atoms with Gasteiger partial charge in [-0.1, -0.05) is 0 Å². The van der Waals surface area contributed by atoms with Crippen molar-refractivity contribution in [1.29, 1.82) is 0 Å². The third kappa shape index (κ3) is 2.40. The van der Waals surface area contributed by atoms with Crippen LogP contribution in [0.2, 0.25) is 0 Å². The SMILES string of the molecule is [CH2]C(O)C1CSCCS1. The van der Waals surface area contributed by atoms with E-state index in [1.54, 1.807) is 0 Å². The van der Waals surface area contributed by atoms with Crippen molar-refractivity contribution in [3.05, 3.63) is 6.92 Å². The molecule has 9 heavy (non-hydrogen) atoms. The maximum atomic E-state index is 9.03. The summed E-state index contributed by atoms with van der Waals surface area (Å²) in [6, 6.07) is 0. The minimum Gasteiger partial charge on any atom is -0.392 e. The maximum absolute atomic E-state index is 9.03. The monoisotopic (exact) mass is 163 g/mol. The molecule has 1 nitrogen and oxygen atoms in total.